The number of unbranched alkanes of at least 4 members (excludes halogenated alkanes) is 8. The zero-order chi connectivity index (χ0) is 17.3. The number of hydrogen-bond donors (Lipinski definition) is 1. The minimum atomic E-state index is -0.408. The molecule has 0 aromatic rings. The van der Waals surface area contributed by atoms with Gasteiger partial charge in [-0.2, -0.15) is 0 Å². The Kier molecular flexibility index (Phi) is 15.4. The van der Waals surface area contributed by atoms with Crippen molar-refractivity contribution in [2.24, 2.45) is 5.92 Å². The first-order valence-corrected chi connectivity index (χ1v) is 9.97. The monoisotopic (exact) mass is 325 g/mol. The quantitative estimate of drug-likeness (QED) is 0.304. The highest BCUT2D eigenvalue weighted by molar-refractivity contribution is 6.01. The van der Waals surface area contributed by atoms with Crippen molar-refractivity contribution < 1.29 is 9.59 Å². The maximum Gasteiger partial charge on any atom is 0.230 e. The maximum absolute atomic E-state index is 12.5. The Morgan fingerprint density at radius 1 is 0.739 bits per heavy atom. The summed E-state index contributed by atoms with van der Waals surface area (Å²) in [5, 5.41) is 2.96. The van der Waals surface area contributed by atoms with E-state index < -0.39 is 5.92 Å². The molecule has 0 aromatic carbocycles. The second-order valence-electron chi connectivity index (χ2n) is 6.68. The van der Waals surface area contributed by atoms with Crippen molar-refractivity contribution in [1.82, 2.24) is 5.32 Å². The van der Waals surface area contributed by atoms with Crippen LogP contribution >= 0.6 is 0 Å². The van der Waals surface area contributed by atoms with Crippen LogP contribution < -0.4 is 5.32 Å². The largest absolute Gasteiger partial charge is 0.355 e. The molecule has 0 aliphatic rings. The van der Waals surface area contributed by atoms with Crippen molar-refractivity contribution in [2.45, 2.75) is 104 Å². The van der Waals surface area contributed by atoms with Gasteiger partial charge in [-0.25, -0.2) is 0 Å². The fraction of sp³-hybridized carbons (Fsp3) is 0.900. The van der Waals surface area contributed by atoms with Crippen molar-refractivity contribution in [3.63, 3.8) is 0 Å². The van der Waals surface area contributed by atoms with Crippen LogP contribution in [0.15, 0.2) is 0 Å². The molecule has 0 rings (SSSR count). The Bertz CT molecular complexity index is 302. The van der Waals surface area contributed by atoms with Gasteiger partial charge in [0.1, 0.15) is 5.78 Å². The Balaban J connectivity index is 4.26. The van der Waals surface area contributed by atoms with Crippen molar-refractivity contribution in [3.05, 3.63) is 0 Å². The molecule has 0 aromatic heterocycles. The first-order valence-electron chi connectivity index (χ1n) is 9.97. The lowest BCUT2D eigenvalue weighted by Gasteiger charge is -2.16. The normalized spacial score (nSPS) is 12.1. The van der Waals surface area contributed by atoms with Gasteiger partial charge in [-0.3, -0.25) is 9.59 Å². The molecule has 0 bridgehead atoms. The Morgan fingerprint density at radius 2 is 1.30 bits per heavy atom. The van der Waals surface area contributed by atoms with Crippen molar-refractivity contribution in [2.75, 3.05) is 6.54 Å². The second-order valence-corrected chi connectivity index (χ2v) is 6.68. The van der Waals surface area contributed by atoms with E-state index in [0.717, 1.165) is 44.9 Å². The average molecular weight is 326 g/mol. The summed E-state index contributed by atoms with van der Waals surface area (Å²) in [6.45, 7) is 7.18. The zero-order valence-corrected chi connectivity index (χ0v) is 15.8. The summed E-state index contributed by atoms with van der Waals surface area (Å²) in [6, 6.07) is 0. The van der Waals surface area contributed by atoms with E-state index in [0.29, 0.717) is 13.0 Å². The Labute approximate surface area is 144 Å². The molecule has 0 heterocycles. The number of carbonyl (C=O) groups excluding carboxylic acids is 2. The molecule has 0 aliphatic heterocycles. The van der Waals surface area contributed by atoms with E-state index in [1.54, 1.807) is 0 Å². The molecule has 0 radical (unpaired) electrons. The van der Waals surface area contributed by atoms with E-state index in [1.807, 2.05) is 0 Å². The van der Waals surface area contributed by atoms with Gasteiger partial charge in [-0.1, -0.05) is 78.6 Å². The molecule has 3 nitrogen and oxygen atoms in total. The lowest BCUT2D eigenvalue weighted by Crippen LogP contribution is -2.36. The second kappa shape index (κ2) is 16.0. The van der Waals surface area contributed by atoms with Crippen LogP contribution in [-0.2, 0) is 9.59 Å². The molecule has 1 unspecified atom stereocenters. The van der Waals surface area contributed by atoms with Gasteiger partial charge in [-0.05, 0) is 19.3 Å². The fourth-order valence-corrected chi connectivity index (χ4v) is 2.80. The van der Waals surface area contributed by atoms with E-state index in [4.69, 9.17) is 0 Å². The van der Waals surface area contributed by atoms with E-state index in [1.165, 1.54) is 32.1 Å². The maximum atomic E-state index is 12.5. The van der Waals surface area contributed by atoms with Crippen LogP contribution in [0.4, 0.5) is 0 Å². The number of carbonyl (C=O) groups is 2. The summed E-state index contributed by atoms with van der Waals surface area (Å²) in [7, 11) is 0. The van der Waals surface area contributed by atoms with Crippen molar-refractivity contribution in [1.29, 1.82) is 0 Å². The van der Waals surface area contributed by atoms with Crippen LogP contribution in [0.25, 0.3) is 0 Å². The highest BCUT2D eigenvalue weighted by atomic mass is 16.2. The smallest absolute Gasteiger partial charge is 0.230 e. The van der Waals surface area contributed by atoms with Gasteiger partial charge in [0.2, 0.25) is 5.91 Å². The van der Waals surface area contributed by atoms with Crippen molar-refractivity contribution >= 4 is 11.7 Å². The summed E-state index contributed by atoms with van der Waals surface area (Å²) < 4.78 is 0. The number of rotatable bonds is 16. The molecule has 1 atom stereocenters. The van der Waals surface area contributed by atoms with E-state index in [-0.39, 0.29) is 11.7 Å². The van der Waals surface area contributed by atoms with E-state index in [2.05, 4.69) is 26.1 Å². The van der Waals surface area contributed by atoms with Crippen LogP contribution in [0.2, 0.25) is 0 Å². The molecule has 0 saturated carbocycles. The lowest BCUT2D eigenvalue weighted by atomic mass is 9.92. The van der Waals surface area contributed by atoms with E-state index in [9.17, 15) is 9.59 Å². The molecule has 0 aliphatic carbocycles. The topological polar surface area (TPSA) is 46.2 Å². The summed E-state index contributed by atoms with van der Waals surface area (Å²) >= 11 is 0. The number of nitrogens with one attached hydrogen (secondary N) is 1. The third kappa shape index (κ3) is 12.3. The molecule has 0 fully saturated rings. The van der Waals surface area contributed by atoms with Gasteiger partial charge in [0, 0.05) is 13.0 Å². The number of ketones is 1. The van der Waals surface area contributed by atoms with Gasteiger partial charge < -0.3 is 5.32 Å². The predicted octanol–water partition coefficient (Wildman–Crippen LogP) is 5.42. The Morgan fingerprint density at radius 3 is 1.91 bits per heavy atom. The number of Topliss-reactive ketones (excluding diaryl/α,β-unsaturated/α-hetero) is 1. The minimum absolute atomic E-state index is 0.0338. The van der Waals surface area contributed by atoms with Crippen LogP contribution in [0.3, 0.4) is 0 Å². The molecular weight excluding hydrogens is 286 g/mol. The van der Waals surface area contributed by atoms with Gasteiger partial charge in [-0.15, -0.1) is 0 Å². The summed E-state index contributed by atoms with van der Waals surface area (Å²) in [5.74, 6) is -0.282. The van der Waals surface area contributed by atoms with Crippen LogP contribution in [0.5, 0.6) is 0 Å². The third-order valence-electron chi connectivity index (χ3n) is 4.41. The van der Waals surface area contributed by atoms with Crippen LogP contribution in [0, 0.1) is 5.92 Å². The third-order valence-corrected chi connectivity index (χ3v) is 4.41. The number of hydrogen-bond acceptors (Lipinski definition) is 2. The molecule has 136 valence electrons. The molecule has 23 heavy (non-hydrogen) atoms. The first kappa shape index (κ1) is 22.1. The number of amides is 1. The van der Waals surface area contributed by atoms with Gasteiger partial charge in [0.15, 0.2) is 0 Å². The standard InChI is InChI=1S/C20H39NO2/c1-4-7-10-12-14-16-19(22)18(15-13-11-8-5-2)20(23)21-17-9-6-3/h18H,4-17H2,1-3H3,(H,21,23). The fourth-order valence-electron chi connectivity index (χ4n) is 2.80. The summed E-state index contributed by atoms with van der Waals surface area (Å²) in [5.41, 5.74) is 0. The zero-order valence-electron chi connectivity index (χ0n) is 15.8. The molecule has 3 heteroatoms. The van der Waals surface area contributed by atoms with Crippen LogP contribution in [-0.4, -0.2) is 18.2 Å². The van der Waals surface area contributed by atoms with Gasteiger partial charge in [0.25, 0.3) is 0 Å². The molecule has 0 saturated heterocycles. The summed E-state index contributed by atoms with van der Waals surface area (Å²) in [4.78, 5) is 24.8. The molecule has 1 amide bonds. The van der Waals surface area contributed by atoms with Gasteiger partial charge >= 0.3 is 0 Å². The lowest BCUT2D eigenvalue weighted by molar-refractivity contribution is -0.134. The first-order chi connectivity index (χ1) is 11.2. The highest BCUT2D eigenvalue weighted by Crippen LogP contribution is 2.16. The van der Waals surface area contributed by atoms with Crippen LogP contribution in [0.1, 0.15) is 104 Å². The highest BCUT2D eigenvalue weighted by Gasteiger charge is 2.24. The minimum Gasteiger partial charge on any atom is -0.355 e. The van der Waals surface area contributed by atoms with E-state index >= 15 is 0 Å². The average Bonchev–Trinajstić information content (AvgIpc) is 2.54. The predicted molar refractivity (Wildman–Crippen MR) is 98.5 cm³/mol. The SMILES string of the molecule is CCCCCCCC(=O)C(CCCCCC)C(=O)NCCCC. The summed E-state index contributed by atoms with van der Waals surface area (Å²) in [6.07, 6.45) is 13.5. The molecule has 1 N–H and O–H groups in total. The molecular formula is C20H39NO2. The Hall–Kier alpha value is -0.860. The molecule has 0 spiro atoms. The van der Waals surface area contributed by atoms with Gasteiger partial charge in [0.05, 0.1) is 5.92 Å². The van der Waals surface area contributed by atoms with Crippen molar-refractivity contribution in [3.8, 4) is 0 Å².